The largest absolute Gasteiger partial charge is 0.458 e. The molecule has 0 saturated carbocycles. The lowest BCUT2D eigenvalue weighted by molar-refractivity contribution is -0.152. The van der Waals surface area contributed by atoms with E-state index in [2.05, 4.69) is 43.0 Å². The van der Waals surface area contributed by atoms with E-state index in [1.807, 2.05) is 6.07 Å². The number of benzene rings is 1. The van der Waals surface area contributed by atoms with E-state index in [9.17, 15) is 4.79 Å². The Morgan fingerprint density at radius 1 is 1.20 bits per heavy atom. The summed E-state index contributed by atoms with van der Waals surface area (Å²) in [7, 11) is 0. The van der Waals surface area contributed by atoms with Gasteiger partial charge in [-0.2, -0.15) is 0 Å². The minimum Gasteiger partial charge on any atom is -0.458 e. The Morgan fingerprint density at radius 3 is 2.45 bits per heavy atom. The second kappa shape index (κ2) is 5.21. The van der Waals surface area contributed by atoms with E-state index < -0.39 is 0 Å². The fourth-order valence-electron chi connectivity index (χ4n) is 3.67. The average molecular weight is 273 g/mol. The smallest absolute Gasteiger partial charge is 0.307 e. The van der Waals surface area contributed by atoms with Crippen molar-refractivity contribution in [1.82, 2.24) is 4.90 Å². The number of likely N-dealkylation sites (tertiary alicyclic amines) is 1. The first-order chi connectivity index (χ1) is 9.61. The lowest BCUT2D eigenvalue weighted by Gasteiger charge is -2.42. The van der Waals surface area contributed by atoms with Crippen LogP contribution in [0.5, 0.6) is 0 Å². The Bertz CT molecular complexity index is 475. The van der Waals surface area contributed by atoms with Gasteiger partial charge in [0, 0.05) is 37.9 Å². The number of esters is 1. The fraction of sp³-hybridized carbons (Fsp3) is 0.588. The fourth-order valence-corrected chi connectivity index (χ4v) is 3.67. The second-order valence-electron chi connectivity index (χ2n) is 6.34. The van der Waals surface area contributed by atoms with E-state index in [0.29, 0.717) is 12.5 Å². The number of carbonyl (C=O) groups is 1. The maximum Gasteiger partial charge on any atom is 0.307 e. The van der Waals surface area contributed by atoms with Gasteiger partial charge in [-0.1, -0.05) is 30.3 Å². The van der Waals surface area contributed by atoms with Crippen LogP contribution in [0.3, 0.4) is 0 Å². The van der Waals surface area contributed by atoms with Crippen LogP contribution in [0.1, 0.15) is 44.6 Å². The minimum absolute atomic E-state index is 0.0307. The third-order valence-electron chi connectivity index (χ3n) is 4.90. The molecule has 2 fully saturated rings. The number of hydrogen-bond donors (Lipinski definition) is 0. The quantitative estimate of drug-likeness (QED) is 0.776. The van der Waals surface area contributed by atoms with Gasteiger partial charge in [-0.25, -0.2) is 0 Å². The molecule has 0 radical (unpaired) electrons. The van der Waals surface area contributed by atoms with Crippen LogP contribution >= 0.6 is 0 Å². The van der Waals surface area contributed by atoms with Crippen LogP contribution in [0.2, 0.25) is 0 Å². The van der Waals surface area contributed by atoms with Crippen molar-refractivity contribution in [3.63, 3.8) is 0 Å². The molecule has 1 atom stereocenters. The summed E-state index contributed by atoms with van der Waals surface area (Å²) in [4.78, 5) is 14.4. The van der Waals surface area contributed by atoms with Gasteiger partial charge in [0.05, 0.1) is 6.42 Å². The van der Waals surface area contributed by atoms with Gasteiger partial charge in [-0.05, 0) is 19.4 Å². The summed E-state index contributed by atoms with van der Waals surface area (Å²) >= 11 is 0. The average Bonchev–Trinajstić information content (AvgIpc) is 2.77. The third-order valence-corrected chi connectivity index (χ3v) is 4.90. The predicted octanol–water partition coefficient (Wildman–Crippen LogP) is 2.96. The molecule has 0 amide bonds. The first kappa shape index (κ1) is 13.6. The third kappa shape index (κ3) is 2.35. The number of rotatable bonds is 2. The predicted molar refractivity (Wildman–Crippen MR) is 78.6 cm³/mol. The van der Waals surface area contributed by atoms with Gasteiger partial charge in [0.2, 0.25) is 0 Å². The highest BCUT2D eigenvalue weighted by molar-refractivity contribution is 5.74. The van der Waals surface area contributed by atoms with Gasteiger partial charge in [-0.3, -0.25) is 4.79 Å². The number of nitrogens with zero attached hydrogens (tertiary/aromatic N) is 1. The molecule has 20 heavy (non-hydrogen) atoms. The lowest BCUT2D eigenvalue weighted by atomic mass is 9.76. The Labute approximate surface area is 120 Å². The molecule has 108 valence electrons. The van der Waals surface area contributed by atoms with Crippen molar-refractivity contribution < 1.29 is 9.53 Å². The summed E-state index contributed by atoms with van der Waals surface area (Å²) in [5, 5.41) is 0. The molecule has 2 aliphatic heterocycles. The highest BCUT2D eigenvalue weighted by Crippen LogP contribution is 2.47. The summed E-state index contributed by atoms with van der Waals surface area (Å²) in [6.07, 6.45) is 2.44. The summed E-state index contributed by atoms with van der Waals surface area (Å²) < 4.78 is 5.82. The number of ether oxygens (including phenoxy) is 1. The first-order valence-corrected chi connectivity index (χ1v) is 7.61. The molecular formula is C17H23NO2. The van der Waals surface area contributed by atoms with Crippen molar-refractivity contribution in [3.8, 4) is 0 Å². The number of carbonyl (C=O) groups excluding carboxylic acids is 1. The second-order valence-corrected chi connectivity index (χ2v) is 6.34. The van der Waals surface area contributed by atoms with Crippen molar-refractivity contribution in [1.29, 1.82) is 0 Å². The molecule has 3 rings (SSSR count). The standard InChI is InChI=1S/C17H23NO2/c1-13(2)18-10-8-17(9-11-18)15(12-16(19)20-17)14-6-4-3-5-7-14/h3-7,13,15H,8-12H2,1-2H3. The molecule has 0 N–H and O–H groups in total. The topological polar surface area (TPSA) is 29.5 Å². The molecule has 1 aromatic rings. The highest BCUT2D eigenvalue weighted by atomic mass is 16.6. The van der Waals surface area contributed by atoms with Crippen LogP contribution in [-0.4, -0.2) is 35.6 Å². The molecule has 1 spiro atoms. The molecule has 3 heteroatoms. The molecule has 0 bridgehead atoms. The summed E-state index contributed by atoms with van der Waals surface area (Å²) in [5.41, 5.74) is 0.987. The molecular weight excluding hydrogens is 250 g/mol. The van der Waals surface area contributed by atoms with Crippen LogP contribution in [0.15, 0.2) is 30.3 Å². The Hall–Kier alpha value is -1.35. The molecule has 0 aromatic heterocycles. The Balaban J connectivity index is 1.82. The highest BCUT2D eigenvalue weighted by Gasteiger charge is 2.51. The van der Waals surface area contributed by atoms with Gasteiger partial charge >= 0.3 is 5.97 Å². The normalized spacial score (nSPS) is 26.1. The molecule has 1 unspecified atom stereocenters. The van der Waals surface area contributed by atoms with Crippen molar-refractivity contribution in [2.24, 2.45) is 0 Å². The van der Waals surface area contributed by atoms with Crippen LogP contribution in [0.25, 0.3) is 0 Å². The lowest BCUT2D eigenvalue weighted by Crippen LogP contribution is -2.49. The van der Waals surface area contributed by atoms with Gasteiger partial charge in [-0.15, -0.1) is 0 Å². The zero-order valence-corrected chi connectivity index (χ0v) is 12.3. The Morgan fingerprint density at radius 2 is 1.85 bits per heavy atom. The maximum absolute atomic E-state index is 11.9. The summed E-state index contributed by atoms with van der Waals surface area (Å²) in [6.45, 7) is 6.50. The summed E-state index contributed by atoms with van der Waals surface area (Å²) in [5.74, 6) is 0.197. The molecule has 1 aromatic carbocycles. The van der Waals surface area contributed by atoms with E-state index in [1.54, 1.807) is 0 Å². The number of piperidine rings is 1. The van der Waals surface area contributed by atoms with Gasteiger partial charge in [0.25, 0.3) is 0 Å². The van der Waals surface area contributed by atoms with Crippen LogP contribution in [0.4, 0.5) is 0 Å². The molecule has 0 aliphatic carbocycles. The zero-order valence-electron chi connectivity index (χ0n) is 12.3. The van der Waals surface area contributed by atoms with Crippen LogP contribution in [-0.2, 0) is 9.53 Å². The number of hydrogen-bond acceptors (Lipinski definition) is 3. The van der Waals surface area contributed by atoms with E-state index in [4.69, 9.17) is 4.74 Å². The first-order valence-electron chi connectivity index (χ1n) is 7.61. The molecule has 3 nitrogen and oxygen atoms in total. The summed E-state index contributed by atoms with van der Waals surface area (Å²) in [6, 6.07) is 10.9. The van der Waals surface area contributed by atoms with E-state index in [0.717, 1.165) is 25.9 Å². The van der Waals surface area contributed by atoms with E-state index in [1.165, 1.54) is 5.56 Å². The monoisotopic (exact) mass is 273 g/mol. The van der Waals surface area contributed by atoms with Crippen molar-refractivity contribution in [2.75, 3.05) is 13.1 Å². The molecule has 2 heterocycles. The van der Waals surface area contributed by atoms with Crippen LogP contribution in [0, 0.1) is 0 Å². The van der Waals surface area contributed by atoms with Gasteiger partial charge in [0.1, 0.15) is 5.60 Å². The molecule has 2 saturated heterocycles. The van der Waals surface area contributed by atoms with Gasteiger partial charge < -0.3 is 9.64 Å². The maximum atomic E-state index is 11.9. The SMILES string of the molecule is CC(C)N1CCC2(CC1)OC(=O)CC2c1ccccc1. The minimum atomic E-state index is -0.260. The molecule has 2 aliphatic rings. The van der Waals surface area contributed by atoms with Crippen molar-refractivity contribution >= 4 is 5.97 Å². The Kier molecular flexibility index (Phi) is 3.55. The van der Waals surface area contributed by atoms with Crippen molar-refractivity contribution in [2.45, 2.75) is 50.7 Å². The van der Waals surface area contributed by atoms with E-state index >= 15 is 0 Å². The van der Waals surface area contributed by atoms with Gasteiger partial charge in [0.15, 0.2) is 0 Å². The zero-order chi connectivity index (χ0) is 14.2. The van der Waals surface area contributed by atoms with Crippen LogP contribution < -0.4 is 0 Å². The van der Waals surface area contributed by atoms with E-state index in [-0.39, 0.29) is 17.5 Å². The van der Waals surface area contributed by atoms with Crippen molar-refractivity contribution in [3.05, 3.63) is 35.9 Å².